The van der Waals surface area contributed by atoms with Crippen LogP contribution in [0.3, 0.4) is 0 Å². The summed E-state index contributed by atoms with van der Waals surface area (Å²) in [4.78, 5) is 14.3. The molecule has 5 heteroatoms. The molecule has 1 amide bonds. The zero-order chi connectivity index (χ0) is 16.9. The molecule has 1 fully saturated rings. The molecule has 0 aliphatic heterocycles. The van der Waals surface area contributed by atoms with E-state index >= 15 is 0 Å². The summed E-state index contributed by atoms with van der Waals surface area (Å²) in [5.74, 6) is 0.772. The molecule has 0 heterocycles. The summed E-state index contributed by atoms with van der Waals surface area (Å²) in [6.45, 7) is 10.5. The summed E-state index contributed by atoms with van der Waals surface area (Å²) in [5.41, 5.74) is 5.51. The fraction of sp³-hybridized carbons (Fsp3) is 0.941. The van der Waals surface area contributed by atoms with Gasteiger partial charge in [-0.3, -0.25) is 4.90 Å². The highest BCUT2D eigenvalue weighted by molar-refractivity contribution is 5.68. The van der Waals surface area contributed by atoms with Gasteiger partial charge >= 0.3 is 6.09 Å². The zero-order valence-corrected chi connectivity index (χ0v) is 15.2. The first-order valence-electron chi connectivity index (χ1n) is 8.55. The van der Waals surface area contributed by atoms with E-state index < -0.39 is 5.60 Å². The van der Waals surface area contributed by atoms with Gasteiger partial charge in [-0.15, -0.1) is 0 Å². The molecule has 130 valence electrons. The molecule has 5 nitrogen and oxygen atoms in total. The Bertz CT molecular complexity index is 354. The van der Waals surface area contributed by atoms with Gasteiger partial charge in [-0.1, -0.05) is 19.8 Å². The van der Waals surface area contributed by atoms with Crippen LogP contribution in [0.5, 0.6) is 0 Å². The van der Waals surface area contributed by atoms with Crippen LogP contribution in [0.2, 0.25) is 0 Å². The number of carbonyl (C=O) groups is 1. The van der Waals surface area contributed by atoms with Crippen molar-refractivity contribution in [3.8, 4) is 0 Å². The van der Waals surface area contributed by atoms with E-state index in [0.29, 0.717) is 12.6 Å². The van der Waals surface area contributed by atoms with Crippen LogP contribution in [0.15, 0.2) is 0 Å². The van der Waals surface area contributed by atoms with Crippen molar-refractivity contribution in [2.45, 2.75) is 84.0 Å². The van der Waals surface area contributed by atoms with Gasteiger partial charge < -0.3 is 15.8 Å². The topological polar surface area (TPSA) is 67.6 Å². The Morgan fingerprint density at radius 2 is 2.05 bits per heavy atom. The number of nitrogens with zero attached hydrogens (tertiary/aromatic N) is 1. The van der Waals surface area contributed by atoms with E-state index in [9.17, 15) is 4.79 Å². The van der Waals surface area contributed by atoms with Crippen LogP contribution in [0.25, 0.3) is 0 Å². The Hall–Kier alpha value is -0.810. The minimum atomic E-state index is -0.479. The Morgan fingerprint density at radius 3 is 2.55 bits per heavy atom. The predicted molar refractivity (Wildman–Crippen MR) is 90.9 cm³/mol. The lowest BCUT2D eigenvalue weighted by Gasteiger charge is -2.41. The first-order chi connectivity index (χ1) is 10.1. The maximum absolute atomic E-state index is 11.9. The largest absolute Gasteiger partial charge is 0.444 e. The van der Waals surface area contributed by atoms with Crippen LogP contribution in [-0.4, -0.2) is 48.3 Å². The number of nitrogens with one attached hydrogen (secondary N) is 1. The van der Waals surface area contributed by atoms with Gasteiger partial charge in [0.25, 0.3) is 0 Å². The van der Waals surface area contributed by atoms with Crippen LogP contribution in [-0.2, 0) is 4.74 Å². The molecule has 0 saturated heterocycles. The first-order valence-corrected chi connectivity index (χ1v) is 8.55. The number of amides is 1. The molecule has 1 aliphatic rings. The van der Waals surface area contributed by atoms with Crippen LogP contribution in [0.4, 0.5) is 4.79 Å². The third-order valence-electron chi connectivity index (χ3n) is 4.57. The number of rotatable bonds is 5. The molecule has 3 N–H and O–H groups in total. The van der Waals surface area contributed by atoms with E-state index in [-0.39, 0.29) is 18.2 Å². The van der Waals surface area contributed by atoms with Crippen LogP contribution in [0.1, 0.15) is 60.3 Å². The Labute approximate surface area is 135 Å². The minimum absolute atomic E-state index is 0.0397. The van der Waals surface area contributed by atoms with E-state index in [2.05, 4.69) is 24.2 Å². The van der Waals surface area contributed by atoms with Crippen molar-refractivity contribution in [3.63, 3.8) is 0 Å². The van der Waals surface area contributed by atoms with Crippen LogP contribution < -0.4 is 11.1 Å². The summed E-state index contributed by atoms with van der Waals surface area (Å²) in [6, 6.07) is 0.644. The van der Waals surface area contributed by atoms with Gasteiger partial charge in [-0.05, 0) is 53.5 Å². The quantitative estimate of drug-likeness (QED) is 0.819. The number of nitrogens with two attached hydrogens (primary N) is 1. The predicted octanol–water partition coefficient (Wildman–Crippen LogP) is 2.74. The molecule has 1 aliphatic carbocycles. The molecular formula is C17H35N3O2. The SMILES string of the molecule is CC1CCCC(N(C)C(CN)C(C)NC(=O)OC(C)(C)C)C1. The van der Waals surface area contributed by atoms with Crippen molar-refractivity contribution >= 4 is 6.09 Å². The monoisotopic (exact) mass is 313 g/mol. The highest BCUT2D eigenvalue weighted by Crippen LogP contribution is 2.28. The third kappa shape index (κ3) is 6.13. The Balaban J connectivity index is 2.59. The number of carbonyl (C=O) groups excluding carboxylic acids is 1. The number of likely N-dealkylation sites (N-methyl/N-ethyl adjacent to an activating group) is 1. The summed E-state index contributed by atoms with van der Waals surface area (Å²) >= 11 is 0. The minimum Gasteiger partial charge on any atom is -0.444 e. The Morgan fingerprint density at radius 1 is 1.41 bits per heavy atom. The van der Waals surface area contributed by atoms with Gasteiger partial charge in [0.05, 0.1) is 0 Å². The van der Waals surface area contributed by atoms with Crippen molar-refractivity contribution in [2.24, 2.45) is 11.7 Å². The second kappa shape index (κ2) is 8.16. The molecule has 22 heavy (non-hydrogen) atoms. The standard InChI is InChI=1S/C17H35N3O2/c1-12-8-7-9-14(10-12)20(6)15(11-18)13(2)19-16(21)22-17(3,4)5/h12-15H,7-11,18H2,1-6H3,(H,19,21). The van der Waals surface area contributed by atoms with Crippen LogP contribution in [0, 0.1) is 5.92 Å². The van der Waals surface area contributed by atoms with Crippen LogP contribution >= 0.6 is 0 Å². The summed E-state index contributed by atoms with van der Waals surface area (Å²) < 4.78 is 5.34. The van der Waals surface area contributed by atoms with Crippen molar-refractivity contribution in [1.82, 2.24) is 10.2 Å². The summed E-state index contributed by atoms with van der Waals surface area (Å²) in [6.07, 6.45) is 4.66. The van der Waals surface area contributed by atoms with Gasteiger partial charge in [0.15, 0.2) is 0 Å². The lowest BCUT2D eigenvalue weighted by Crippen LogP contribution is -2.56. The fourth-order valence-corrected chi connectivity index (χ4v) is 3.36. The zero-order valence-electron chi connectivity index (χ0n) is 15.2. The van der Waals surface area contributed by atoms with E-state index in [1.807, 2.05) is 27.7 Å². The highest BCUT2D eigenvalue weighted by Gasteiger charge is 2.30. The average Bonchev–Trinajstić information content (AvgIpc) is 2.36. The van der Waals surface area contributed by atoms with Gasteiger partial charge in [0.1, 0.15) is 5.60 Å². The van der Waals surface area contributed by atoms with Crippen molar-refractivity contribution in [1.29, 1.82) is 0 Å². The lowest BCUT2D eigenvalue weighted by atomic mass is 9.85. The average molecular weight is 313 g/mol. The number of alkyl carbamates (subject to hydrolysis) is 1. The van der Waals surface area contributed by atoms with E-state index in [1.54, 1.807) is 0 Å². The normalized spacial score (nSPS) is 25.6. The second-order valence-electron chi connectivity index (χ2n) is 7.83. The molecular weight excluding hydrogens is 278 g/mol. The molecule has 0 radical (unpaired) electrons. The molecule has 1 rings (SSSR count). The Kier molecular flexibility index (Phi) is 7.13. The number of ether oxygens (including phenoxy) is 1. The molecule has 4 atom stereocenters. The van der Waals surface area contributed by atoms with Gasteiger partial charge in [-0.2, -0.15) is 0 Å². The molecule has 0 aromatic rings. The third-order valence-corrected chi connectivity index (χ3v) is 4.57. The van der Waals surface area contributed by atoms with E-state index in [1.165, 1.54) is 25.7 Å². The van der Waals surface area contributed by atoms with E-state index in [4.69, 9.17) is 10.5 Å². The molecule has 0 aromatic heterocycles. The first kappa shape index (κ1) is 19.2. The molecule has 1 saturated carbocycles. The highest BCUT2D eigenvalue weighted by atomic mass is 16.6. The second-order valence-corrected chi connectivity index (χ2v) is 7.83. The van der Waals surface area contributed by atoms with Crippen molar-refractivity contribution in [2.75, 3.05) is 13.6 Å². The number of hydrogen-bond donors (Lipinski definition) is 2. The summed E-state index contributed by atoms with van der Waals surface area (Å²) in [7, 11) is 2.13. The van der Waals surface area contributed by atoms with Gasteiger partial charge in [-0.25, -0.2) is 4.79 Å². The molecule has 0 spiro atoms. The van der Waals surface area contributed by atoms with Crippen molar-refractivity contribution in [3.05, 3.63) is 0 Å². The van der Waals surface area contributed by atoms with Gasteiger partial charge in [0, 0.05) is 24.7 Å². The maximum atomic E-state index is 11.9. The van der Waals surface area contributed by atoms with Gasteiger partial charge in [0.2, 0.25) is 0 Å². The van der Waals surface area contributed by atoms with Crippen molar-refractivity contribution < 1.29 is 9.53 Å². The smallest absolute Gasteiger partial charge is 0.407 e. The molecule has 4 unspecified atom stereocenters. The summed E-state index contributed by atoms with van der Waals surface area (Å²) in [5, 5.41) is 2.94. The number of hydrogen-bond acceptors (Lipinski definition) is 4. The van der Waals surface area contributed by atoms with E-state index in [0.717, 1.165) is 5.92 Å². The molecule has 0 aromatic carbocycles. The lowest BCUT2D eigenvalue weighted by molar-refractivity contribution is 0.0444. The fourth-order valence-electron chi connectivity index (χ4n) is 3.36. The maximum Gasteiger partial charge on any atom is 0.407 e. The molecule has 0 bridgehead atoms.